The van der Waals surface area contributed by atoms with Gasteiger partial charge in [0.05, 0.1) is 4.92 Å². The quantitative estimate of drug-likeness (QED) is 0.403. The summed E-state index contributed by atoms with van der Waals surface area (Å²) < 4.78 is 0. The summed E-state index contributed by atoms with van der Waals surface area (Å²) in [4.78, 5) is 13.2. The molecule has 0 N–H and O–H groups in total. The molecule has 1 heterocycles. The Balaban J connectivity index is 1.81. The lowest BCUT2D eigenvalue weighted by Crippen LogP contribution is -2.53. The van der Waals surface area contributed by atoms with E-state index in [2.05, 4.69) is 74.2 Å². The van der Waals surface area contributed by atoms with Crippen LogP contribution in [0.5, 0.6) is 0 Å². The first-order chi connectivity index (χ1) is 13.8. The minimum Gasteiger partial charge on any atom is -0.362 e. The van der Waals surface area contributed by atoms with Crippen molar-refractivity contribution in [1.29, 1.82) is 0 Å². The predicted octanol–water partition coefficient (Wildman–Crippen LogP) is 6.09. The molecule has 0 amide bonds. The van der Waals surface area contributed by atoms with Crippen molar-refractivity contribution in [2.75, 3.05) is 4.90 Å². The summed E-state index contributed by atoms with van der Waals surface area (Å²) >= 11 is 0. The van der Waals surface area contributed by atoms with Crippen LogP contribution in [0.3, 0.4) is 0 Å². The third-order valence-electron chi connectivity index (χ3n) is 6.20. The fourth-order valence-electron chi connectivity index (χ4n) is 4.83. The maximum Gasteiger partial charge on any atom is 0.269 e. The molecular weight excluding hydrogens is 360 g/mol. The fraction of sp³-hybridized carbons (Fsp3) is 0.280. The maximum absolute atomic E-state index is 11.1. The van der Waals surface area contributed by atoms with Gasteiger partial charge in [0.25, 0.3) is 5.69 Å². The summed E-state index contributed by atoms with van der Waals surface area (Å²) in [6.45, 7) is 7.68. The lowest BCUT2D eigenvalue weighted by molar-refractivity contribution is -0.384. The number of benzene rings is 3. The van der Waals surface area contributed by atoms with Crippen molar-refractivity contribution in [3.63, 3.8) is 0 Å². The molecule has 1 unspecified atom stereocenters. The highest BCUT2D eigenvalue weighted by Gasteiger charge is 2.45. The fourth-order valence-corrected chi connectivity index (χ4v) is 4.83. The molecule has 148 valence electrons. The summed E-state index contributed by atoms with van der Waals surface area (Å²) in [5.74, 6) is 0. The number of hydrogen-bond donors (Lipinski definition) is 0. The van der Waals surface area contributed by atoms with Crippen LogP contribution in [0, 0.1) is 10.1 Å². The number of nitro groups is 1. The van der Waals surface area contributed by atoms with Gasteiger partial charge in [-0.3, -0.25) is 10.1 Å². The molecule has 1 aliphatic rings. The third kappa shape index (κ3) is 3.39. The number of nitrogens with zero attached hydrogens (tertiary/aromatic N) is 2. The van der Waals surface area contributed by atoms with E-state index in [1.165, 1.54) is 16.8 Å². The van der Waals surface area contributed by atoms with Gasteiger partial charge in [-0.25, -0.2) is 0 Å². The molecule has 0 saturated carbocycles. The normalized spacial score (nSPS) is 20.2. The highest BCUT2D eigenvalue weighted by Crippen LogP contribution is 2.50. The van der Waals surface area contributed by atoms with E-state index in [4.69, 9.17) is 0 Å². The van der Waals surface area contributed by atoms with Gasteiger partial charge in [0.1, 0.15) is 0 Å². The standard InChI is InChI=1S/C25H26N2O2/c1-24(2)18-25(3,20-13-15-21(16-14-20)27(28)29)22-11-7-8-12-23(22)26(24)17-19-9-5-4-6-10-19/h4-16H,17-18H2,1-3H3. The van der Waals surface area contributed by atoms with E-state index in [1.807, 2.05) is 18.2 Å². The first-order valence-corrected chi connectivity index (χ1v) is 9.97. The van der Waals surface area contributed by atoms with Crippen molar-refractivity contribution < 1.29 is 4.92 Å². The number of nitro benzene ring substituents is 1. The molecule has 4 heteroatoms. The average Bonchev–Trinajstić information content (AvgIpc) is 2.71. The van der Waals surface area contributed by atoms with Crippen LogP contribution in [0.15, 0.2) is 78.9 Å². The average molecular weight is 386 g/mol. The maximum atomic E-state index is 11.1. The molecule has 0 fully saturated rings. The van der Waals surface area contributed by atoms with Crippen LogP contribution in [-0.4, -0.2) is 10.5 Å². The Kier molecular flexibility index (Phi) is 4.65. The van der Waals surface area contributed by atoms with Gasteiger partial charge in [-0.2, -0.15) is 0 Å². The number of rotatable bonds is 4. The van der Waals surface area contributed by atoms with Crippen LogP contribution in [0.4, 0.5) is 11.4 Å². The molecule has 0 radical (unpaired) electrons. The van der Waals surface area contributed by atoms with E-state index in [1.54, 1.807) is 12.1 Å². The van der Waals surface area contributed by atoms with Crippen LogP contribution < -0.4 is 4.90 Å². The first-order valence-electron chi connectivity index (χ1n) is 9.97. The second-order valence-electron chi connectivity index (χ2n) is 8.71. The second-order valence-corrected chi connectivity index (χ2v) is 8.71. The molecule has 0 spiro atoms. The van der Waals surface area contributed by atoms with Gasteiger partial charge in [0, 0.05) is 35.3 Å². The Morgan fingerprint density at radius 2 is 1.52 bits per heavy atom. The van der Waals surface area contributed by atoms with Crippen molar-refractivity contribution >= 4 is 11.4 Å². The summed E-state index contributed by atoms with van der Waals surface area (Å²) in [5.41, 5.74) is 4.73. The molecule has 3 aromatic carbocycles. The van der Waals surface area contributed by atoms with E-state index in [0.29, 0.717) is 0 Å². The Bertz CT molecular complexity index is 1030. The van der Waals surface area contributed by atoms with Gasteiger partial charge < -0.3 is 4.90 Å². The van der Waals surface area contributed by atoms with Crippen molar-refractivity contribution in [1.82, 2.24) is 0 Å². The minimum atomic E-state index is -0.341. The van der Waals surface area contributed by atoms with E-state index < -0.39 is 0 Å². The molecule has 4 rings (SSSR count). The van der Waals surface area contributed by atoms with Crippen molar-refractivity contribution in [2.45, 2.75) is 44.7 Å². The summed E-state index contributed by atoms with van der Waals surface area (Å²) in [6.07, 6.45) is 0.918. The molecule has 1 aliphatic heterocycles. The lowest BCUT2D eigenvalue weighted by Gasteiger charge is -2.52. The molecule has 0 aliphatic carbocycles. The van der Waals surface area contributed by atoms with Gasteiger partial charge in [-0.1, -0.05) is 67.6 Å². The minimum absolute atomic E-state index is 0.0826. The van der Waals surface area contributed by atoms with E-state index >= 15 is 0 Å². The SMILES string of the molecule is CC1(c2ccc([N+](=O)[O-])cc2)CC(C)(C)N(Cc2ccccc2)c2ccccc21. The molecule has 29 heavy (non-hydrogen) atoms. The van der Waals surface area contributed by atoms with E-state index in [9.17, 15) is 10.1 Å². The molecule has 1 atom stereocenters. The van der Waals surface area contributed by atoms with E-state index in [0.717, 1.165) is 18.5 Å². The molecule has 0 saturated heterocycles. The van der Waals surface area contributed by atoms with Crippen LogP contribution in [0.25, 0.3) is 0 Å². The van der Waals surface area contributed by atoms with Crippen molar-refractivity contribution in [3.8, 4) is 0 Å². The zero-order chi connectivity index (χ0) is 20.6. The summed E-state index contributed by atoms with van der Waals surface area (Å²) in [6, 6.07) is 26.2. The Morgan fingerprint density at radius 1 is 0.897 bits per heavy atom. The van der Waals surface area contributed by atoms with Gasteiger partial charge in [-0.15, -0.1) is 0 Å². The Labute approximate surface area is 172 Å². The number of anilines is 1. The summed E-state index contributed by atoms with van der Waals surface area (Å²) in [7, 11) is 0. The smallest absolute Gasteiger partial charge is 0.269 e. The lowest BCUT2D eigenvalue weighted by atomic mass is 9.65. The molecule has 4 nitrogen and oxygen atoms in total. The van der Waals surface area contributed by atoms with Crippen molar-refractivity contribution in [3.05, 3.63) is 106 Å². The molecule has 0 bridgehead atoms. The third-order valence-corrected chi connectivity index (χ3v) is 6.20. The van der Waals surface area contributed by atoms with Crippen LogP contribution in [0.1, 0.15) is 43.9 Å². The second kappa shape index (κ2) is 7.03. The van der Waals surface area contributed by atoms with E-state index in [-0.39, 0.29) is 21.6 Å². The molecule has 3 aromatic rings. The monoisotopic (exact) mass is 386 g/mol. The number of hydrogen-bond acceptors (Lipinski definition) is 3. The number of fused-ring (bicyclic) bond motifs is 1. The largest absolute Gasteiger partial charge is 0.362 e. The zero-order valence-corrected chi connectivity index (χ0v) is 17.1. The van der Waals surface area contributed by atoms with Crippen LogP contribution >= 0.6 is 0 Å². The van der Waals surface area contributed by atoms with Gasteiger partial charge in [-0.05, 0) is 43.0 Å². The van der Waals surface area contributed by atoms with Gasteiger partial charge in [0.2, 0.25) is 0 Å². The highest BCUT2D eigenvalue weighted by atomic mass is 16.6. The van der Waals surface area contributed by atoms with Crippen LogP contribution in [0.2, 0.25) is 0 Å². The number of non-ortho nitro benzene ring substituents is 1. The molecular formula is C25H26N2O2. The predicted molar refractivity (Wildman–Crippen MR) is 117 cm³/mol. The zero-order valence-electron chi connectivity index (χ0n) is 17.1. The number of para-hydroxylation sites is 1. The summed E-state index contributed by atoms with van der Waals surface area (Å²) in [5, 5.41) is 11.1. The van der Waals surface area contributed by atoms with Crippen LogP contribution in [-0.2, 0) is 12.0 Å². The first kappa shape index (κ1) is 19.2. The van der Waals surface area contributed by atoms with Gasteiger partial charge >= 0.3 is 0 Å². The van der Waals surface area contributed by atoms with Gasteiger partial charge in [0.15, 0.2) is 0 Å². The molecule has 0 aromatic heterocycles. The Hall–Kier alpha value is -3.14. The Morgan fingerprint density at radius 3 is 2.17 bits per heavy atom. The topological polar surface area (TPSA) is 46.4 Å². The van der Waals surface area contributed by atoms with Crippen molar-refractivity contribution in [2.24, 2.45) is 0 Å². The highest BCUT2D eigenvalue weighted by molar-refractivity contribution is 5.64.